The fraction of sp³-hybridized carbons (Fsp3) is 0.562. The predicted molar refractivity (Wildman–Crippen MR) is 90.1 cm³/mol. The van der Waals surface area contributed by atoms with E-state index in [9.17, 15) is 4.79 Å². The molecule has 1 aromatic rings. The largest absolute Gasteiger partial charge is 0.336 e. The molecule has 0 saturated heterocycles. The third-order valence-electron chi connectivity index (χ3n) is 4.33. The molecule has 0 radical (unpaired) electrons. The fourth-order valence-corrected chi connectivity index (χ4v) is 3.82. The van der Waals surface area contributed by atoms with Crippen molar-refractivity contribution in [2.75, 3.05) is 19.3 Å². The average Bonchev–Trinajstić information content (AvgIpc) is 2.96. The number of hydrogen-bond acceptors (Lipinski definition) is 3. The van der Waals surface area contributed by atoms with Crippen molar-refractivity contribution in [1.82, 2.24) is 4.90 Å². The van der Waals surface area contributed by atoms with Gasteiger partial charge in [0, 0.05) is 17.5 Å². The molecule has 1 aliphatic carbocycles. The van der Waals surface area contributed by atoms with Gasteiger partial charge >= 0.3 is 0 Å². The third kappa shape index (κ3) is 3.55. The van der Waals surface area contributed by atoms with E-state index in [1.54, 1.807) is 11.8 Å². The highest BCUT2D eigenvalue weighted by atomic mass is 35.5. The van der Waals surface area contributed by atoms with Crippen LogP contribution in [0.1, 0.15) is 36.5 Å². The van der Waals surface area contributed by atoms with Gasteiger partial charge in [-0.1, -0.05) is 18.0 Å². The summed E-state index contributed by atoms with van der Waals surface area (Å²) in [6.45, 7) is 3.36. The van der Waals surface area contributed by atoms with Crippen LogP contribution in [-0.4, -0.2) is 36.2 Å². The van der Waals surface area contributed by atoms with Gasteiger partial charge in [0.15, 0.2) is 0 Å². The molecule has 0 bridgehead atoms. The molecular formula is C16H23ClN2OS. The van der Waals surface area contributed by atoms with Crippen LogP contribution in [0.2, 0.25) is 5.02 Å². The Morgan fingerprint density at radius 3 is 2.86 bits per heavy atom. The van der Waals surface area contributed by atoms with E-state index in [2.05, 4.69) is 0 Å². The summed E-state index contributed by atoms with van der Waals surface area (Å²) >= 11 is 7.86. The van der Waals surface area contributed by atoms with Gasteiger partial charge in [0.1, 0.15) is 0 Å². The van der Waals surface area contributed by atoms with Gasteiger partial charge in [-0.15, -0.1) is 11.8 Å². The molecule has 5 heteroatoms. The zero-order chi connectivity index (χ0) is 15.4. The maximum absolute atomic E-state index is 12.9. The fourth-order valence-electron chi connectivity index (χ4n) is 3.18. The maximum atomic E-state index is 12.9. The molecular weight excluding hydrogens is 304 g/mol. The Hall–Kier alpha value is -0.710. The molecule has 3 nitrogen and oxygen atoms in total. The summed E-state index contributed by atoms with van der Waals surface area (Å²) in [4.78, 5) is 15.9. The molecule has 1 aromatic carbocycles. The van der Waals surface area contributed by atoms with Crippen LogP contribution in [0.5, 0.6) is 0 Å². The zero-order valence-electron chi connectivity index (χ0n) is 12.6. The van der Waals surface area contributed by atoms with E-state index >= 15 is 0 Å². The van der Waals surface area contributed by atoms with Crippen LogP contribution in [0.15, 0.2) is 23.1 Å². The Labute approximate surface area is 136 Å². The van der Waals surface area contributed by atoms with E-state index in [1.807, 2.05) is 36.3 Å². The summed E-state index contributed by atoms with van der Waals surface area (Å²) < 4.78 is 0. The molecule has 2 N–H and O–H groups in total. The Kier molecular flexibility index (Phi) is 5.97. The van der Waals surface area contributed by atoms with Crippen molar-refractivity contribution >= 4 is 29.3 Å². The van der Waals surface area contributed by atoms with Crippen molar-refractivity contribution in [3.63, 3.8) is 0 Å². The number of nitrogens with zero attached hydrogens (tertiary/aromatic N) is 1. The minimum absolute atomic E-state index is 0.0312. The molecule has 21 heavy (non-hydrogen) atoms. The third-order valence-corrected chi connectivity index (χ3v) is 5.38. The van der Waals surface area contributed by atoms with Gasteiger partial charge in [-0.3, -0.25) is 4.79 Å². The first-order chi connectivity index (χ1) is 10.1. The average molecular weight is 327 g/mol. The molecule has 1 fully saturated rings. The van der Waals surface area contributed by atoms with E-state index in [0.29, 0.717) is 29.6 Å². The number of halogens is 1. The van der Waals surface area contributed by atoms with Crippen molar-refractivity contribution in [3.05, 3.63) is 28.8 Å². The molecule has 2 rings (SSSR count). The normalized spacial score (nSPS) is 21.5. The van der Waals surface area contributed by atoms with Crippen LogP contribution in [0.4, 0.5) is 0 Å². The highest BCUT2D eigenvalue weighted by Crippen LogP contribution is 2.32. The Morgan fingerprint density at radius 2 is 2.24 bits per heavy atom. The molecule has 0 aliphatic heterocycles. The zero-order valence-corrected chi connectivity index (χ0v) is 14.2. The van der Waals surface area contributed by atoms with Gasteiger partial charge in [-0.05, 0) is 56.7 Å². The lowest BCUT2D eigenvalue weighted by Gasteiger charge is -2.32. The van der Waals surface area contributed by atoms with Gasteiger partial charge in [-0.2, -0.15) is 0 Å². The van der Waals surface area contributed by atoms with Gasteiger partial charge in [-0.25, -0.2) is 0 Å². The van der Waals surface area contributed by atoms with E-state index in [-0.39, 0.29) is 11.9 Å². The first kappa shape index (κ1) is 16.7. The van der Waals surface area contributed by atoms with Crippen LogP contribution >= 0.6 is 23.4 Å². The number of nitrogens with two attached hydrogens (primary N) is 1. The summed E-state index contributed by atoms with van der Waals surface area (Å²) in [6, 6.07) is 5.90. The van der Waals surface area contributed by atoms with Crippen molar-refractivity contribution < 1.29 is 4.79 Å². The van der Waals surface area contributed by atoms with E-state index < -0.39 is 0 Å². The topological polar surface area (TPSA) is 46.3 Å². The second-order valence-corrected chi connectivity index (χ2v) is 6.72. The van der Waals surface area contributed by atoms with Gasteiger partial charge in [0.05, 0.1) is 10.6 Å². The smallest absolute Gasteiger partial charge is 0.255 e. The van der Waals surface area contributed by atoms with Crippen LogP contribution in [0, 0.1) is 5.92 Å². The summed E-state index contributed by atoms with van der Waals surface area (Å²) in [5, 5.41) is 0.526. The molecule has 116 valence electrons. The molecule has 0 spiro atoms. The monoisotopic (exact) mass is 326 g/mol. The quantitative estimate of drug-likeness (QED) is 0.840. The highest BCUT2D eigenvalue weighted by Gasteiger charge is 2.34. The Morgan fingerprint density at radius 1 is 1.48 bits per heavy atom. The first-order valence-corrected chi connectivity index (χ1v) is 9.07. The van der Waals surface area contributed by atoms with Gasteiger partial charge in [0.25, 0.3) is 5.91 Å². The molecule has 2 atom stereocenters. The van der Waals surface area contributed by atoms with E-state index in [0.717, 1.165) is 24.2 Å². The lowest BCUT2D eigenvalue weighted by atomic mass is 10.0. The minimum atomic E-state index is 0.0312. The number of hydrogen-bond donors (Lipinski definition) is 1. The first-order valence-electron chi connectivity index (χ1n) is 7.46. The molecule has 1 saturated carbocycles. The predicted octanol–water partition coefficient (Wildman–Crippen LogP) is 3.65. The molecule has 1 aliphatic rings. The summed E-state index contributed by atoms with van der Waals surface area (Å²) in [5.74, 6) is 0.445. The van der Waals surface area contributed by atoms with Crippen LogP contribution in [0.25, 0.3) is 0 Å². The maximum Gasteiger partial charge on any atom is 0.255 e. The lowest BCUT2D eigenvalue weighted by Crippen LogP contribution is -2.44. The number of carbonyl (C=O) groups excluding carboxylic acids is 1. The lowest BCUT2D eigenvalue weighted by molar-refractivity contribution is 0.0652. The Bertz CT molecular complexity index is 509. The second kappa shape index (κ2) is 7.52. The van der Waals surface area contributed by atoms with Crippen LogP contribution in [0.3, 0.4) is 0 Å². The molecule has 1 amide bonds. The summed E-state index contributed by atoms with van der Waals surface area (Å²) in [6.07, 6.45) is 5.30. The van der Waals surface area contributed by atoms with Gasteiger partial charge in [0.2, 0.25) is 0 Å². The minimum Gasteiger partial charge on any atom is -0.336 e. The number of rotatable bonds is 5. The SMILES string of the molecule is CCN(C(=O)c1cc(SC)ccc1Cl)C1CCCC1CN. The van der Waals surface area contributed by atoms with Crippen molar-refractivity contribution in [2.24, 2.45) is 11.7 Å². The number of carbonyl (C=O) groups is 1. The molecule has 0 heterocycles. The second-order valence-electron chi connectivity index (χ2n) is 5.43. The van der Waals surface area contributed by atoms with Crippen molar-refractivity contribution in [2.45, 2.75) is 37.1 Å². The van der Waals surface area contributed by atoms with Crippen LogP contribution in [-0.2, 0) is 0 Å². The van der Waals surface area contributed by atoms with E-state index in [1.165, 1.54) is 0 Å². The van der Waals surface area contributed by atoms with E-state index in [4.69, 9.17) is 17.3 Å². The number of amides is 1. The number of thioether (sulfide) groups is 1. The van der Waals surface area contributed by atoms with Crippen molar-refractivity contribution in [1.29, 1.82) is 0 Å². The summed E-state index contributed by atoms with van der Waals surface area (Å²) in [5.41, 5.74) is 6.47. The standard InChI is InChI=1S/C16H23ClN2OS/c1-3-19(15-6-4-5-11(15)10-18)16(20)13-9-12(21-2)7-8-14(13)17/h7-9,11,15H,3-6,10,18H2,1-2H3. The van der Waals surface area contributed by atoms with Crippen molar-refractivity contribution in [3.8, 4) is 0 Å². The molecule has 0 aromatic heterocycles. The number of benzene rings is 1. The Balaban J connectivity index is 2.28. The molecule has 2 unspecified atom stereocenters. The van der Waals surface area contributed by atoms with Crippen LogP contribution < -0.4 is 5.73 Å². The summed E-state index contributed by atoms with van der Waals surface area (Å²) in [7, 11) is 0. The van der Waals surface area contributed by atoms with Gasteiger partial charge < -0.3 is 10.6 Å². The highest BCUT2D eigenvalue weighted by molar-refractivity contribution is 7.98.